The van der Waals surface area contributed by atoms with Crippen LogP contribution in [0.4, 0.5) is 0 Å². The Kier molecular flexibility index (Phi) is 5.94. The van der Waals surface area contributed by atoms with E-state index in [4.69, 9.17) is 4.74 Å². The second-order valence-corrected chi connectivity index (χ2v) is 7.57. The van der Waals surface area contributed by atoms with E-state index in [2.05, 4.69) is 15.4 Å². The minimum absolute atomic E-state index is 0.0731. The van der Waals surface area contributed by atoms with Gasteiger partial charge in [-0.15, -0.1) is 5.10 Å². The SMILES string of the molecule is CCn1c(C)c(CCC(=O)NCC2CCCO2)c(=O)n2nc(-c3ccccc3)nc12. The van der Waals surface area contributed by atoms with Crippen molar-refractivity contribution < 1.29 is 9.53 Å². The molecule has 1 unspecified atom stereocenters. The Bertz CT molecular complexity index is 1100. The molecular formula is C22H27N5O3. The number of hydrogen-bond acceptors (Lipinski definition) is 5. The molecule has 8 nitrogen and oxygen atoms in total. The highest BCUT2D eigenvalue weighted by molar-refractivity contribution is 5.76. The molecule has 158 valence electrons. The number of aromatic nitrogens is 4. The van der Waals surface area contributed by atoms with Gasteiger partial charge in [-0.2, -0.15) is 9.50 Å². The zero-order valence-electron chi connectivity index (χ0n) is 17.4. The summed E-state index contributed by atoms with van der Waals surface area (Å²) in [4.78, 5) is 30.0. The van der Waals surface area contributed by atoms with Crippen LogP contribution in [0.5, 0.6) is 0 Å². The summed E-state index contributed by atoms with van der Waals surface area (Å²) in [6, 6.07) is 9.60. The Morgan fingerprint density at radius 1 is 1.30 bits per heavy atom. The minimum Gasteiger partial charge on any atom is -0.376 e. The highest BCUT2D eigenvalue weighted by atomic mass is 16.5. The van der Waals surface area contributed by atoms with Gasteiger partial charge in [0.25, 0.3) is 5.56 Å². The molecule has 1 atom stereocenters. The summed E-state index contributed by atoms with van der Waals surface area (Å²) < 4.78 is 8.87. The molecule has 3 heterocycles. The average Bonchev–Trinajstić information content (AvgIpc) is 3.43. The van der Waals surface area contributed by atoms with Crippen LogP contribution in [0.1, 0.15) is 37.4 Å². The molecule has 1 aliphatic rings. The van der Waals surface area contributed by atoms with Gasteiger partial charge in [0.1, 0.15) is 0 Å². The number of ether oxygens (including phenoxy) is 1. The fraction of sp³-hybridized carbons (Fsp3) is 0.455. The van der Waals surface area contributed by atoms with Crippen molar-refractivity contribution in [1.29, 1.82) is 0 Å². The largest absolute Gasteiger partial charge is 0.376 e. The van der Waals surface area contributed by atoms with Gasteiger partial charge in [-0.1, -0.05) is 30.3 Å². The van der Waals surface area contributed by atoms with E-state index in [0.717, 1.165) is 30.7 Å². The van der Waals surface area contributed by atoms with Gasteiger partial charge in [-0.05, 0) is 33.1 Å². The summed E-state index contributed by atoms with van der Waals surface area (Å²) >= 11 is 0. The van der Waals surface area contributed by atoms with Crippen LogP contribution in [-0.4, -0.2) is 44.3 Å². The Hall–Kier alpha value is -3.00. The van der Waals surface area contributed by atoms with Crippen LogP contribution in [0.2, 0.25) is 0 Å². The quantitative estimate of drug-likeness (QED) is 0.645. The lowest BCUT2D eigenvalue weighted by Crippen LogP contribution is -2.33. The van der Waals surface area contributed by atoms with Crippen molar-refractivity contribution in [3.63, 3.8) is 0 Å². The van der Waals surface area contributed by atoms with Crippen molar-refractivity contribution in [2.24, 2.45) is 0 Å². The van der Waals surface area contributed by atoms with Gasteiger partial charge < -0.3 is 14.6 Å². The lowest BCUT2D eigenvalue weighted by atomic mass is 10.1. The molecule has 0 spiro atoms. The second kappa shape index (κ2) is 8.79. The summed E-state index contributed by atoms with van der Waals surface area (Å²) in [5, 5.41) is 7.38. The molecule has 4 rings (SSSR count). The number of carbonyl (C=O) groups excluding carboxylic acids is 1. The lowest BCUT2D eigenvalue weighted by molar-refractivity contribution is -0.121. The van der Waals surface area contributed by atoms with Gasteiger partial charge in [-0.3, -0.25) is 9.59 Å². The average molecular weight is 409 g/mol. The van der Waals surface area contributed by atoms with E-state index in [1.54, 1.807) is 0 Å². The first kappa shape index (κ1) is 20.3. The molecule has 3 aromatic rings. The van der Waals surface area contributed by atoms with Gasteiger partial charge >= 0.3 is 0 Å². The van der Waals surface area contributed by atoms with Crippen molar-refractivity contribution in [2.75, 3.05) is 13.2 Å². The number of amides is 1. The fourth-order valence-corrected chi connectivity index (χ4v) is 3.95. The molecule has 0 saturated carbocycles. The predicted molar refractivity (Wildman–Crippen MR) is 113 cm³/mol. The first-order valence-corrected chi connectivity index (χ1v) is 10.5. The molecule has 2 aromatic heterocycles. The number of nitrogens with zero attached hydrogens (tertiary/aromatic N) is 4. The third-order valence-corrected chi connectivity index (χ3v) is 5.62. The molecule has 1 amide bonds. The molecule has 8 heteroatoms. The van der Waals surface area contributed by atoms with Crippen LogP contribution in [-0.2, 0) is 22.5 Å². The van der Waals surface area contributed by atoms with Crippen molar-refractivity contribution in [3.05, 3.63) is 51.9 Å². The summed E-state index contributed by atoms with van der Waals surface area (Å²) in [6.07, 6.45) is 2.74. The number of benzene rings is 1. The molecule has 1 aliphatic heterocycles. The molecule has 0 aliphatic carbocycles. The number of rotatable bonds is 7. The van der Waals surface area contributed by atoms with E-state index in [9.17, 15) is 9.59 Å². The summed E-state index contributed by atoms with van der Waals surface area (Å²) in [5.74, 6) is 0.960. The normalized spacial score (nSPS) is 16.3. The maximum absolute atomic E-state index is 13.1. The van der Waals surface area contributed by atoms with E-state index in [1.165, 1.54) is 4.52 Å². The molecule has 1 fully saturated rings. The summed E-state index contributed by atoms with van der Waals surface area (Å²) in [5.41, 5.74) is 2.07. The monoisotopic (exact) mass is 409 g/mol. The van der Waals surface area contributed by atoms with E-state index < -0.39 is 0 Å². The maximum atomic E-state index is 13.1. The molecule has 1 N–H and O–H groups in total. The Morgan fingerprint density at radius 3 is 2.80 bits per heavy atom. The lowest BCUT2D eigenvalue weighted by Gasteiger charge is -2.14. The number of fused-ring (bicyclic) bond motifs is 1. The van der Waals surface area contributed by atoms with E-state index in [1.807, 2.05) is 48.7 Å². The van der Waals surface area contributed by atoms with Crippen molar-refractivity contribution >= 4 is 11.7 Å². The van der Waals surface area contributed by atoms with Crippen LogP contribution in [0, 0.1) is 6.92 Å². The van der Waals surface area contributed by atoms with Crippen molar-refractivity contribution in [2.45, 2.75) is 52.2 Å². The van der Waals surface area contributed by atoms with Gasteiger partial charge in [0, 0.05) is 42.9 Å². The zero-order valence-corrected chi connectivity index (χ0v) is 17.4. The molecule has 0 bridgehead atoms. The standard InChI is InChI=1S/C22H27N5O3/c1-3-26-15(2)18(11-12-19(28)23-14-17-10-7-13-30-17)21(29)27-22(26)24-20(25-27)16-8-5-4-6-9-16/h4-6,8-9,17H,3,7,10-14H2,1-2H3,(H,23,28). The Labute approximate surface area is 174 Å². The van der Waals surface area contributed by atoms with Crippen LogP contribution >= 0.6 is 0 Å². The molecular weight excluding hydrogens is 382 g/mol. The van der Waals surface area contributed by atoms with Gasteiger partial charge in [0.05, 0.1) is 6.10 Å². The van der Waals surface area contributed by atoms with Crippen molar-refractivity contribution in [1.82, 2.24) is 24.5 Å². The molecule has 0 radical (unpaired) electrons. The zero-order chi connectivity index (χ0) is 21.1. The summed E-state index contributed by atoms with van der Waals surface area (Å²) in [7, 11) is 0. The number of hydrogen-bond donors (Lipinski definition) is 1. The number of aryl methyl sites for hydroxylation is 1. The fourth-order valence-electron chi connectivity index (χ4n) is 3.95. The van der Waals surface area contributed by atoms with Crippen LogP contribution in [0.15, 0.2) is 35.1 Å². The van der Waals surface area contributed by atoms with E-state index in [-0.39, 0.29) is 24.0 Å². The Balaban J connectivity index is 1.58. The summed E-state index contributed by atoms with van der Waals surface area (Å²) in [6.45, 7) is 5.85. The van der Waals surface area contributed by atoms with Crippen LogP contribution < -0.4 is 10.9 Å². The topological polar surface area (TPSA) is 90.5 Å². The van der Waals surface area contributed by atoms with Crippen LogP contribution in [0.25, 0.3) is 17.2 Å². The minimum atomic E-state index is -0.214. The van der Waals surface area contributed by atoms with Crippen molar-refractivity contribution in [3.8, 4) is 11.4 Å². The van der Waals surface area contributed by atoms with E-state index >= 15 is 0 Å². The Morgan fingerprint density at radius 2 is 2.10 bits per heavy atom. The number of nitrogens with one attached hydrogen (secondary N) is 1. The van der Waals surface area contributed by atoms with Crippen LogP contribution in [0.3, 0.4) is 0 Å². The highest BCUT2D eigenvalue weighted by Crippen LogP contribution is 2.17. The van der Waals surface area contributed by atoms with Gasteiger partial charge in [-0.25, -0.2) is 0 Å². The smallest absolute Gasteiger partial charge is 0.279 e. The molecule has 1 saturated heterocycles. The predicted octanol–water partition coefficient (Wildman–Crippen LogP) is 2.11. The second-order valence-electron chi connectivity index (χ2n) is 7.57. The third kappa shape index (κ3) is 4.00. The van der Waals surface area contributed by atoms with E-state index in [0.29, 0.717) is 36.7 Å². The highest BCUT2D eigenvalue weighted by Gasteiger charge is 2.20. The first-order chi connectivity index (χ1) is 14.6. The first-order valence-electron chi connectivity index (χ1n) is 10.5. The number of carbonyl (C=O) groups is 1. The maximum Gasteiger partial charge on any atom is 0.279 e. The third-order valence-electron chi connectivity index (χ3n) is 5.62. The van der Waals surface area contributed by atoms with Gasteiger partial charge in [0.2, 0.25) is 11.7 Å². The molecule has 30 heavy (non-hydrogen) atoms. The molecule has 1 aromatic carbocycles. The van der Waals surface area contributed by atoms with Gasteiger partial charge in [0.15, 0.2) is 5.82 Å².